The molecule has 1 amide bonds. The standard InChI is InChI=1S/C2H4O2.CH2NO2.Na/c1-2(3)4;2-1(3)4;/h1H3,(H,3,4);2H,(H,3,4);/q;-1;+1. The molecular formula is C3H6NNaO4. The van der Waals surface area contributed by atoms with Crippen LogP contribution in [0, 0.1) is 0 Å². The molecule has 0 aromatic rings. The molecule has 0 saturated heterocycles. The number of rotatable bonds is 0. The first-order valence-corrected chi connectivity index (χ1v) is 1.61. The number of carboxylic acid groups (broad SMARTS) is 2. The van der Waals surface area contributed by atoms with Gasteiger partial charge >= 0.3 is 29.6 Å². The summed E-state index contributed by atoms with van der Waals surface area (Å²) in [6.07, 6.45) is -1.58. The fourth-order valence-corrected chi connectivity index (χ4v) is 0. The molecule has 0 fully saturated rings. The van der Waals surface area contributed by atoms with Gasteiger partial charge in [-0.25, -0.2) is 0 Å². The van der Waals surface area contributed by atoms with Gasteiger partial charge in [-0.2, -0.15) is 0 Å². The van der Waals surface area contributed by atoms with Crippen LogP contribution in [0.15, 0.2) is 0 Å². The molecule has 0 bridgehead atoms. The van der Waals surface area contributed by atoms with Gasteiger partial charge in [-0.1, -0.05) is 0 Å². The van der Waals surface area contributed by atoms with Gasteiger partial charge in [-0.15, -0.1) is 0 Å². The topological polar surface area (TPSA) is 98.4 Å². The average molecular weight is 143 g/mol. The molecule has 0 aliphatic heterocycles. The third-order valence-corrected chi connectivity index (χ3v) is 0. The van der Waals surface area contributed by atoms with E-state index in [0.29, 0.717) is 0 Å². The Hall–Kier alpha value is -0.260. The molecule has 0 unspecified atom stereocenters. The first-order chi connectivity index (χ1) is 3.46. The van der Waals surface area contributed by atoms with Crippen LogP contribution in [0.2, 0.25) is 0 Å². The van der Waals surface area contributed by atoms with Crippen molar-refractivity contribution in [3.63, 3.8) is 0 Å². The molecule has 0 spiro atoms. The Morgan fingerprint density at radius 1 is 1.33 bits per heavy atom. The van der Waals surface area contributed by atoms with Crippen molar-refractivity contribution >= 4 is 12.1 Å². The molecule has 0 heterocycles. The van der Waals surface area contributed by atoms with Gasteiger partial charge in [-0.05, 0) is 0 Å². The van der Waals surface area contributed by atoms with Crippen LogP contribution in [0.4, 0.5) is 4.79 Å². The summed E-state index contributed by atoms with van der Waals surface area (Å²) in [7, 11) is 0. The molecule has 0 aromatic heterocycles. The van der Waals surface area contributed by atoms with E-state index in [0.717, 1.165) is 6.92 Å². The molecule has 0 aliphatic rings. The van der Waals surface area contributed by atoms with Crippen LogP contribution in [0.3, 0.4) is 0 Å². The Balaban J connectivity index is -0.0000000720. The second-order valence-electron chi connectivity index (χ2n) is 0.824. The van der Waals surface area contributed by atoms with Crippen molar-refractivity contribution in [2.24, 2.45) is 0 Å². The van der Waals surface area contributed by atoms with Gasteiger partial charge < -0.3 is 15.9 Å². The van der Waals surface area contributed by atoms with Gasteiger partial charge in [0.2, 0.25) is 6.09 Å². The molecule has 6 heteroatoms. The van der Waals surface area contributed by atoms with Crippen LogP contribution in [-0.2, 0) is 4.79 Å². The average Bonchev–Trinajstić information content (AvgIpc) is 1.25. The molecule has 3 N–H and O–H groups in total. The van der Waals surface area contributed by atoms with E-state index < -0.39 is 12.1 Å². The van der Waals surface area contributed by atoms with Crippen LogP contribution in [0.25, 0.3) is 5.73 Å². The van der Waals surface area contributed by atoms with Crippen molar-refractivity contribution in [2.45, 2.75) is 6.92 Å². The first kappa shape index (κ1) is 15.9. The number of aliphatic carboxylic acids is 1. The monoisotopic (exact) mass is 143 g/mol. The predicted molar refractivity (Wildman–Crippen MR) is 25.7 cm³/mol. The summed E-state index contributed by atoms with van der Waals surface area (Å²) >= 11 is 0. The number of hydrogen-bond donors (Lipinski definition) is 2. The summed E-state index contributed by atoms with van der Waals surface area (Å²) in [5.41, 5.74) is 5.50. The summed E-state index contributed by atoms with van der Waals surface area (Å²) in [6.45, 7) is 1.08. The van der Waals surface area contributed by atoms with E-state index in [4.69, 9.17) is 25.5 Å². The second kappa shape index (κ2) is 10.7. The summed E-state index contributed by atoms with van der Waals surface area (Å²) < 4.78 is 0. The zero-order valence-electron chi connectivity index (χ0n) is 5.21. The molecule has 5 nitrogen and oxygen atoms in total. The maximum Gasteiger partial charge on any atom is 1.00 e. The minimum Gasteiger partial charge on any atom is -0.632 e. The Bertz CT molecular complexity index is 73.8. The normalized spacial score (nSPS) is 5.44. The van der Waals surface area contributed by atoms with Crippen LogP contribution < -0.4 is 29.6 Å². The van der Waals surface area contributed by atoms with Crippen LogP contribution in [0.5, 0.6) is 0 Å². The molecule has 9 heavy (non-hydrogen) atoms. The number of carboxylic acids is 1. The van der Waals surface area contributed by atoms with Gasteiger partial charge in [0.05, 0.1) is 0 Å². The maximum absolute atomic E-state index is 9.00. The molecule has 0 aromatic carbocycles. The van der Waals surface area contributed by atoms with E-state index in [-0.39, 0.29) is 29.6 Å². The number of carbonyl (C=O) groups is 2. The van der Waals surface area contributed by atoms with Gasteiger partial charge in [0.25, 0.3) is 5.97 Å². The number of amides is 1. The fraction of sp³-hybridized carbons (Fsp3) is 0.333. The van der Waals surface area contributed by atoms with Crippen molar-refractivity contribution in [1.82, 2.24) is 0 Å². The van der Waals surface area contributed by atoms with E-state index in [9.17, 15) is 0 Å². The quantitative estimate of drug-likeness (QED) is 0.376. The van der Waals surface area contributed by atoms with E-state index in [2.05, 4.69) is 0 Å². The van der Waals surface area contributed by atoms with Crippen molar-refractivity contribution in [1.29, 1.82) is 0 Å². The SMILES string of the molecule is CC(=O)O.[NH-]C(=O)O.[Na+]. The zero-order valence-corrected chi connectivity index (χ0v) is 7.21. The molecule has 0 radical (unpaired) electrons. The maximum atomic E-state index is 9.00. The Kier molecular flexibility index (Phi) is 18.8. The molecule has 0 aliphatic carbocycles. The third kappa shape index (κ3) is 3770. The summed E-state index contributed by atoms with van der Waals surface area (Å²) in [6, 6.07) is 0. The van der Waals surface area contributed by atoms with Gasteiger partial charge in [0.1, 0.15) is 0 Å². The van der Waals surface area contributed by atoms with Crippen molar-refractivity contribution in [2.75, 3.05) is 0 Å². The first-order valence-electron chi connectivity index (χ1n) is 1.61. The van der Waals surface area contributed by atoms with Gasteiger partial charge in [0, 0.05) is 6.92 Å². The van der Waals surface area contributed by atoms with E-state index >= 15 is 0 Å². The Morgan fingerprint density at radius 3 is 1.33 bits per heavy atom. The smallest absolute Gasteiger partial charge is 0.632 e. The summed E-state index contributed by atoms with van der Waals surface area (Å²) in [5, 5.41) is 14.5. The largest absolute Gasteiger partial charge is 1.00 e. The van der Waals surface area contributed by atoms with Gasteiger partial charge in [-0.3, -0.25) is 9.59 Å². The van der Waals surface area contributed by atoms with E-state index in [1.54, 1.807) is 0 Å². The molecule has 0 saturated carbocycles. The molecule has 0 atom stereocenters. The second-order valence-corrected chi connectivity index (χ2v) is 0.824. The van der Waals surface area contributed by atoms with Crippen molar-refractivity contribution in [3.8, 4) is 0 Å². The van der Waals surface area contributed by atoms with Crippen molar-refractivity contribution in [3.05, 3.63) is 5.73 Å². The number of nitrogens with one attached hydrogen (secondary N) is 1. The number of hydrogen-bond acceptors (Lipinski definition) is 2. The molecule has 0 rings (SSSR count). The predicted octanol–water partition coefficient (Wildman–Crippen LogP) is -2.19. The Morgan fingerprint density at radius 2 is 1.33 bits per heavy atom. The molecular weight excluding hydrogens is 137 g/mol. The van der Waals surface area contributed by atoms with E-state index in [1.165, 1.54) is 0 Å². The van der Waals surface area contributed by atoms with Crippen molar-refractivity contribution < 1.29 is 49.4 Å². The molecule has 48 valence electrons. The summed E-state index contributed by atoms with van der Waals surface area (Å²) in [4.78, 5) is 17.7. The Labute approximate surface area is 74.1 Å². The van der Waals surface area contributed by atoms with Gasteiger partial charge in [0.15, 0.2) is 0 Å². The van der Waals surface area contributed by atoms with Crippen LogP contribution >= 0.6 is 0 Å². The fourth-order valence-electron chi connectivity index (χ4n) is 0. The third-order valence-electron chi connectivity index (χ3n) is 0. The van der Waals surface area contributed by atoms with E-state index in [1.807, 2.05) is 0 Å². The van der Waals surface area contributed by atoms with Crippen LogP contribution in [0.1, 0.15) is 6.92 Å². The minimum absolute atomic E-state index is 0. The minimum atomic E-state index is -1.58. The van der Waals surface area contributed by atoms with Crippen LogP contribution in [-0.4, -0.2) is 22.3 Å². The summed E-state index contributed by atoms with van der Waals surface area (Å²) in [5.74, 6) is -0.833. The zero-order chi connectivity index (χ0) is 7.15.